The molecule has 0 rings (SSSR count). The first-order chi connectivity index (χ1) is 4.41. The van der Waals surface area contributed by atoms with E-state index in [1.54, 1.807) is 0 Å². The minimum atomic E-state index is 1.08. The van der Waals surface area contributed by atoms with Gasteiger partial charge in [-0.15, -0.1) is 0 Å². The van der Waals surface area contributed by atoms with E-state index in [0.717, 1.165) is 26.2 Å². The van der Waals surface area contributed by atoms with Gasteiger partial charge in [0.05, 0.1) is 0 Å². The number of nitrogens with one attached hydrogen (secondary N) is 2. The molecule has 0 bridgehead atoms. The van der Waals surface area contributed by atoms with E-state index in [9.17, 15) is 0 Å². The first-order valence-corrected chi connectivity index (χ1v) is 3.83. The summed E-state index contributed by atoms with van der Waals surface area (Å²) < 4.78 is 0. The summed E-state index contributed by atoms with van der Waals surface area (Å²) in [5.74, 6) is 0. The van der Waals surface area contributed by atoms with Gasteiger partial charge in [0.2, 0.25) is 0 Å². The van der Waals surface area contributed by atoms with Gasteiger partial charge in [-0.05, 0) is 19.5 Å². The van der Waals surface area contributed by atoms with Gasteiger partial charge in [0.15, 0.2) is 0 Å². The number of hydrogen-bond acceptors (Lipinski definition) is 2. The molecule has 0 saturated carbocycles. The maximum Gasteiger partial charge on any atom is 0.00767 e. The van der Waals surface area contributed by atoms with E-state index >= 15 is 0 Å². The van der Waals surface area contributed by atoms with Gasteiger partial charge in [0.25, 0.3) is 0 Å². The van der Waals surface area contributed by atoms with E-state index < -0.39 is 0 Å². The lowest BCUT2D eigenvalue weighted by Crippen LogP contribution is -2.27. The molecule has 2 heteroatoms. The van der Waals surface area contributed by atoms with Gasteiger partial charge < -0.3 is 10.6 Å². The second-order valence-electron chi connectivity index (χ2n) is 2.10. The molecule has 0 spiro atoms. The molecule has 0 aliphatic heterocycles. The lowest BCUT2D eigenvalue weighted by Gasteiger charge is -2.01. The highest BCUT2D eigenvalue weighted by Gasteiger charge is 1.81. The summed E-state index contributed by atoms with van der Waals surface area (Å²) in [6.07, 6.45) is 1.23. The smallest absolute Gasteiger partial charge is 0.00767 e. The Hall–Kier alpha value is -0.0800. The average molecular weight is 130 g/mol. The van der Waals surface area contributed by atoms with Crippen molar-refractivity contribution in [1.82, 2.24) is 10.6 Å². The lowest BCUT2D eigenvalue weighted by atomic mass is 10.5. The van der Waals surface area contributed by atoms with Gasteiger partial charge in [-0.3, -0.25) is 0 Å². The third-order valence-corrected chi connectivity index (χ3v) is 1.16. The van der Waals surface area contributed by atoms with Crippen molar-refractivity contribution in [3.63, 3.8) is 0 Å². The minimum Gasteiger partial charge on any atom is -0.316 e. The molecule has 0 aliphatic rings. The van der Waals surface area contributed by atoms with Gasteiger partial charge in [-0.25, -0.2) is 0 Å². The molecule has 0 atom stereocenters. The third kappa shape index (κ3) is 7.92. The second-order valence-corrected chi connectivity index (χ2v) is 2.10. The van der Waals surface area contributed by atoms with Crippen LogP contribution in [0.5, 0.6) is 0 Å². The first-order valence-electron chi connectivity index (χ1n) is 3.83. The third-order valence-electron chi connectivity index (χ3n) is 1.16. The molecule has 0 amide bonds. The standard InChI is InChI=1S/C7H18N2/c1-3-5-9-7-6-8-4-2/h8-9H,3-7H2,1-2H3. The van der Waals surface area contributed by atoms with Crippen LogP contribution in [0.15, 0.2) is 0 Å². The molecule has 0 radical (unpaired) electrons. The van der Waals surface area contributed by atoms with Crippen molar-refractivity contribution in [3.05, 3.63) is 0 Å². The van der Waals surface area contributed by atoms with E-state index in [1.807, 2.05) is 0 Å². The van der Waals surface area contributed by atoms with Crippen molar-refractivity contribution in [1.29, 1.82) is 0 Å². The highest BCUT2D eigenvalue weighted by molar-refractivity contribution is 4.48. The van der Waals surface area contributed by atoms with E-state index in [1.165, 1.54) is 6.42 Å². The van der Waals surface area contributed by atoms with Crippen molar-refractivity contribution in [2.24, 2.45) is 0 Å². The molecule has 2 nitrogen and oxygen atoms in total. The molecule has 0 aromatic rings. The number of rotatable bonds is 6. The summed E-state index contributed by atoms with van der Waals surface area (Å²) in [6.45, 7) is 8.72. The van der Waals surface area contributed by atoms with Crippen LogP contribution in [-0.4, -0.2) is 26.2 Å². The molecule has 0 aromatic carbocycles. The summed E-state index contributed by atoms with van der Waals surface area (Å²) in [6, 6.07) is 0. The summed E-state index contributed by atoms with van der Waals surface area (Å²) in [5.41, 5.74) is 0. The van der Waals surface area contributed by atoms with Crippen molar-refractivity contribution in [2.45, 2.75) is 20.3 Å². The van der Waals surface area contributed by atoms with Gasteiger partial charge in [0.1, 0.15) is 0 Å². The Bertz CT molecular complexity index is 40.2. The summed E-state index contributed by atoms with van der Waals surface area (Å²) in [5, 5.41) is 6.55. The molecule has 0 saturated heterocycles. The molecule has 0 aromatic heterocycles. The predicted molar refractivity (Wildman–Crippen MR) is 41.7 cm³/mol. The molecular formula is C7H18N2. The monoisotopic (exact) mass is 130 g/mol. The summed E-state index contributed by atoms with van der Waals surface area (Å²) in [7, 11) is 0. The molecule has 56 valence electrons. The van der Waals surface area contributed by atoms with Crippen molar-refractivity contribution < 1.29 is 0 Å². The molecule has 0 aliphatic carbocycles. The quantitative estimate of drug-likeness (QED) is 0.514. The Morgan fingerprint density at radius 1 is 0.889 bits per heavy atom. The van der Waals surface area contributed by atoms with E-state index in [2.05, 4.69) is 24.5 Å². The molecule has 0 fully saturated rings. The first kappa shape index (κ1) is 8.92. The van der Waals surface area contributed by atoms with Crippen LogP contribution in [0.1, 0.15) is 20.3 Å². The zero-order valence-electron chi connectivity index (χ0n) is 6.54. The van der Waals surface area contributed by atoms with Crippen LogP contribution < -0.4 is 10.6 Å². The fourth-order valence-corrected chi connectivity index (χ4v) is 0.655. The SMILES string of the molecule is CCCNCCNCC. The Labute approximate surface area is 58.0 Å². The second kappa shape index (κ2) is 7.92. The summed E-state index contributed by atoms with van der Waals surface area (Å²) in [4.78, 5) is 0. The fraction of sp³-hybridized carbons (Fsp3) is 1.00. The molecule has 2 N–H and O–H groups in total. The molecule has 0 heterocycles. The summed E-state index contributed by atoms with van der Waals surface area (Å²) >= 11 is 0. The molecule has 9 heavy (non-hydrogen) atoms. The largest absolute Gasteiger partial charge is 0.316 e. The lowest BCUT2D eigenvalue weighted by molar-refractivity contribution is 0.619. The van der Waals surface area contributed by atoms with Crippen LogP contribution in [0.2, 0.25) is 0 Å². The zero-order valence-corrected chi connectivity index (χ0v) is 6.54. The fourth-order valence-electron chi connectivity index (χ4n) is 0.655. The maximum atomic E-state index is 3.31. The van der Waals surface area contributed by atoms with Gasteiger partial charge in [-0.1, -0.05) is 13.8 Å². The Morgan fingerprint density at radius 3 is 2.11 bits per heavy atom. The Balaban J connectivity index is 2.60. The van der Waals surface area contributed by atoms with E-state index in [4.69, 9.17) is 0 Å². The van der Waals surface area contributed by atoms with E-state index in [-0.39, 0.29) is 0 Å². The maximum absolute atomic E-state index is 3.31. The average Bonchev–Trinajstić information content (AvgIpc) is 1.89. The molecular weight excluding hydrogens is 112 g/mol. The van der Waals surface area contributed by atoms with Gasteiger partial charge in [-0.2, -0.15) is 0 Å². The van der Waals surface area contributed by atoms with Crippen LogP contribution in [0, 0.1) is 0 Å². The van der Waals surface area contributed by atoms with E-state index in [0.29, 0.717) is 0 Å². The predicted octanol–water partition coefficient (Wildman–Crippen LogP) is 0.595. The van der Waals surface area contributed by atoms with Crippen LogP contribution >= 0.6 is 0 Å². The molecule has 0 unspecified atom stereocenters. The van der Waals surface area contributed by atoms with Crippen LogP contribution in [0.25, 0.3) is 0 Å². The van der Waals surface area contributed by atoms with Crippen molar-refractivity contribution in [3.8, 4) is 0 Å². The normalized spacial score (nSPS) is 10.0. The Kier molecular flexibility index (Phi) is 7.85. The zero-order chi connectivity index (χ0) is 6.95. The highest BCUT2D eigenvalue weighted by Crippen LogP contribution is 1.67. The van der Waals surface area contributed by atoms with Gasteiger partial charge in [0, 0.05) is 13.1 Å². The topological polar surface area (TPSA) is 24.1 Å². The van der Waals surface area contributed by atoms with Crippen molar-refractivity contribution >= 4 is 0 Å². The van der Waals surface area contributed by atoms with Crippen LogP contribution in [0.3, 0.4) is 0 Å². The van der Waals surface area contributed by atoms with Gasteiger partial charge >= 0.3 is 0 Å². The number of hydrogen-bond donors (Lipinski definition) is 2. The van der Waals surface area contributed by atoms with Crippen molar-refractivity contribution in [2.75, 3.05) is 26.2 Å². The van der Waals surface area contributed by atoms with Crippen LogP contribution in [-0.2, 0) is 0 Å². The van der Waals surface area contributed by atoms with Crippen LogP contribution in [0.4, 0.5) is 0 Å². The Morgan fingerprint density at radius 2 is 1.56 bits per heavy atom. The minimum absolute atomic E-state index is 1.08. The highest BCUT2D eigenvalue weighted by atomic mass is 14.9. The number of likely N-dealkylation sites (N-methyl/N-ethyl adjacent to an activating group) is 1.